The smallest absolute Gasteiger partial charge is 0.294 e. The molecule has 9 nitrogen and oxygen atoms in total. The van der Waals surface area contributed by atoms with Gasteiger partial charge in [0.2, 0.25) is 0 Å². The van der Waals surface area contributed by atoms with Crippen LogP contribution in [0.5, 0.6) is 11.5 Å². The quantitative estimate of drug-likeness (QED) is 0.170. The number of nitrogens with one attached hydrogen (secondary N) is 1. The molecule has 0 bridgehead atoms. The van der Waals surface area contributed by atoms with Crippen LogP contribution in [0.4, 0.5) is 17.1 Å². The summed E-state index contributed by atoms with van der Waals surface area (Å²) in [7, 11) is -3.11. The SMILES string of the molecule is COc1cccc(NC(=O)c2cc3ccccc3c(N=Nc3cc(S(=O)(=O)O)cc(Cl)c3C)c2O)c1Cl. The first-order chi connectivity index (χ1) is 17.5. The Morgan fingerprint density at radius 3 is 2.46 bits per heavy atom. The molecule has 37 heavy (non-hydrogen) atoms. The first-order valence-electron chi connectivity index (χ1n) is 10.6. The second-order valence-corrected chi connectivity index (χ2v) is 10.0. The molecule has 4 aromatic carbocycles. The van der Waals surface area contributed by atoms with Crippen LogP contribution < -0.4 is 10.1 Å². The van der Waals surface area contributed by atoms with E-state index >= 15 is 0 Å². The van der Waals surface area contributed by atoms with Gasteiger partial charge in [-0.2, -0.15) is 13.5 Å². The molecule has 0 aromatic heterocycles. The van der Waals surface area contributed by atoms with Gasteiger partial charge in [0, 0.05) is 10.4 Å². The third-order valence-electron chi connectivity index (χ3n) is 5.52. The van der Waals surface area contributed by atoms with Crippen LogP contribution in [0.1, 0.15) is 15.9 Å². The van der Waals surface area contributed by atoms with Crippen molar-refractivity contribution in [3.63, 3.8) is 0 Å². The van der Waals surface area contributed by atoms with Gasteiger partial charge in [0.05, 0.1) is 28.9 Å². The zero-order chi connectivity index (χ0) is 26.9. The average Bonchev–Trinajstić information content (AvgIpc) is 2.86. The van der Waals surface area contributed by atoms with E-state index in [1.165, 1.54) is 13.2 Å². The summed E-state index contributed by atoms with van der Waals surface area (Å²) in [5, 5.41) is 23.2. The maximum atomic E-state index is 13.2. The lowest BCUT2D eigenvalue weighted by atomic mass is 10.0. The van der Waals surface area contributed by atoms with Gasteiger partial charge in [-0.05, 0) is 48.2 Å². The largest absolute Gasteiger partial charge is 0.505 e. The molecule has 12 heteroatoms. The zero-order valence-corrected chi connectivity index (χ0v) is 21.7. The third-order valence-corrected chi connectivity index (χ3v) is 7.13. The summed E-state index contributed by atoms with van der Waals surface area (Å²) in [6, 6.07) is 15.4. The highest BCUT2D eigenvalue weighted by molar-refractivity contribution is 7.85. The molecule has 0 heterocycles. The fourth-order valence-corrected chi connectivity index (χ4v) is 4.60. The third kappa shape index (κ3) is 5.37. The van der Waals surface area contributed by atoms with Crippen molar-refractivity contribution in [3.8, 4) is 11.5 Å². The predicted octanol–water partition coefficient (Wildman–Crippen LogP) is 7.08. The Kier molecular flexibility index (Phi) is 7.37. The molecule has 3 N–H and O–H groups in total. The van der Waals surface area contributed by atoms with E-state index in [9.17, 15) is 22.9 Å². The van der Waals surface area contributed by atoms with E-state index in [0.717, 1.165) is 12.1 Å². The number of amides is 1. The monoisotopic (exact) mass is 559 g/mol. The van der Waals surface area contributed by atoms with Crippen molar-refractivity contribution in [1.29, 1.82) is 0 Å². The zero-order valence-electron chi connectivity index (χ0n) is 19.4. The molecule has 0 radical (unpaired) electrons. The number of fused-ring (bicyclic) bond motifs is 1. The van der Waals surface area contributed by atoms with Crippen LogP contribution in [0.2, 0.25) is 10.0 Å². The molecule has 190 valence electrons. The average molecular weight is 560 g/mol. The molecule has 4 rings (SSSR count). The Hall–Kier alpha value is -3.70. The van der Waals surface area contributed by atoms with Crippen LogP contribution in [0.15, 0.2) is 75.8 Å². The Bertz CT molecular complexity index is 1690. The topological polar surface area (TPSA) is 138 Å². The Morgan fingerprint density at radius 1 is 1.03 bits per heavy atom. The number of hydrogen-bond donors (Lipinski definition) is 3. The lowest BCUT2D eigenvalue weighted by Crippen LogP contribution is -2.12. The molecule has 0 spiro atoms. The van der Waals surface area contributed by atoms with Gasteiger partial charge in [0.15, 0.2) is 5.75 Å². The van der Waals surface area contributed by atoms with Crippen molar-refractivity contribution in [1.82, 2.24) is 0 Å². The summed E-state index contributed by atoms with van der Waals surface area (Å²) >= 11 is 12.4. The maximum Gasteiger partial charge on any atom is 0.294 e. The van der Waals surface area contributed by atoms with E-state index < -0.39 is 26.7 Å². The second-order valence-electron chi connectivity index (χ2n) is 7.84. The number of phenolic OH excluding ortho intramolecular Hbond substituents is 1. The van der Waals surface area contributed by atoms with Gasteiger partial charge in [-0.25, -0.2) is 0 Å². The van der Waals surface area contributed by atoms with Crippen molar-refractivity contribution in [2.24, 2.45) is 10.2 Å². The summed E-state index contributed by atoms with van der Waals surface area (Å²) in [6.45, 7) is 1.59. The van der Waals surface area contributed by atoms with E-state index in [0.29, 0.717) is 22.1 Å². The number of methoxy groups -OCH3 is 1. The fourth-order valence-electron chi connectivity index (χ4n) is 3.54. The Labute approximate surface area is 222 Å². The number of phenols is 1. The first-order valence-corrected chi connectivity index (χ1v) is 12.8. The van der Waals surface area contributed by atoms with Crippen LogP contribution in [0, 0.1) is 6.92 Å². The predicted molar refractivity (Wildman–Crippen MR) is 142 cm³/mol. The normalized spacial score (nSPS) is 11.7. The Morgan fingerprint density at radius 2 is 1.76 bits per heavy atom. The molecule has 0 saturated heterocycles. The van der Waals surface area contributed by atoms with Gasteiger partial charge in [0.25, 0.3) is 16.0 Å². The number of nitrogens with zero attached hydrogens (tertiary/aromatic N) is 2. The molecule has 0 atom stereocenters. The minimum absolute atomic E-state index is 0.0345. The number of azo groups is 1. The van der Waals surface area contributed by atoms with Gasteiger partial charge in [-0.1, -0.05) is 53.5 Å². The summed E-state index contributed by atoms with van der Waals surface area (Å²) < 4.78 is 37.8. The lowest BCUT2D eigenvalue weighted by Gasteiger charge is -2.13. The van der Waals surface area contributed by atoms with Gasteiger partial charge in [0.1, 0.15) is 16.5 Å². The number of carbonyl (C=O) groups excluding carboxylic acids is 1. The number of benzene rings is 4. The molecular formula is C25H19Cl2N3O6S. The minimum Gasteiger partial charge on any atom is -0.505 e. The van der Waals surface area contributed by atoms with Crippen LogP contribution in [0.3, 0.4) is 0 Å². The standard InChI is InChI=1S/C25H19Cl2N3O6S/c1-13-18(26)11-15(37(33,34)35)12-20(13)29-30-23-16-7-4-3-6-14(16)10-17(24(23)31)25(32)28-19-8-5-9-21(36-2)22(19)27/h3-12,31H,1-2H3,(H,28,32)(H,33,34,35). The second kappa shape index (κ2) is 10.3. The fraction of sp³-hybridized carbons (Fsp3) is 0.0800. The van der Waals surface area contributed by atoms with Crippen LogP contribution in [-0.2, 0) is 10.1 Å². The number of hydrogen-bond acceptors (Lipinski definition) is 7. The maximum absolute atomic E-state index is 13.2. The number of halogens is 2. The summed E-state index contributed by atoms with van der Waals surface area (Å²) in [4.78, 5) is 12.7. The van der Waals surface area contributed by atoms with Crippen molar-refractivity contribution in [2.75, 3.05) is 12.4 Å². The van der Waals surface area contributed by atoms with E-state index in [1.807, 2.05) is 0 Å². The number of carbonyl (C=O) groups is 1. The number of ether oxygens (including phenoxy) is 1. The molecule has 0 aliphatic rings. The molecule has 0 unspecified atom stereocenters. The first kappa shape index (κ1) is 26.4. The molecule has 0 saturated carbocycles. The van der Waals surface area contributed by atoms with E-state index in [-0.39, 0.29) is 32.7 Å². The van der Waals surface area contributed by atoms with Crippen LogP contribution in [0.25, 0.3) is 10.8 Å². The van der Waals surface area contributed by atoms with Gasteiger partial charge in [-0.15, -0.1) is 5.11 Å². The highest BCUT2D eigenvalue weighted by atomic mass is 35.5. The van der Waals surface area contributed by atoms with E-state index in [4.69, 9.17) is 27.9 Å². The molecule has 0 fully saturated rings. The van der Waals surface area contributed by atoms with Crippen molar-refractivity contribution in [3.05, 3.63) is 81.8 Å². The summed E-state index contributed by atoms with van der Waals surface area (Å²) in [6.07, 6.45) is 0. The molecule has 4 aromatic rings. The van der Waals surface area contributed by atoms with Crippen LogP contribution >= 0.6 is 23.2 Å². The highest BCUT2D eigenvalue weighted by Gasteiger charge is 2.20. The van der Waals surface area contributed by atoms with Gasteiger partial charge < -0.3 is 15.2 Å². The number of anilines is 1. The van der Waals surface area contributed by atoms with Gasteiger partial charge in [-0.3, -0.25) is 9.35 Å². The Balaban J connectivity index is 1.82. The molecule has 0 aliphatic heterocycles. The summed E-state index contributed by atoms with van der Waals surface area (Å²) in [5.74, 6) is -0.769. The van der Waals surface area contributed by atoms with Crippen molar-refractivity contribution in [2.45, 2.75) is 11.8 Å². The van der Waals surface area contributed by atoms with Gasteiger partial charge >= 0.3 is 0 Å². The lowest BCUT2D eigenvalue weighted by molar-refractivity contribution is 0.102. The number of rotatable bonds is 6. The van der Waals surface area contributed by atoms with E-state index in [2.05, 4.69) is 15.5 Å². The molecule has 0 aliphatic carbocycles. The summed E-state index contributed by atoms with van der Waals surface area (Å²) in [5.41, 5.74) is 0.569. The van der Waals surface area contributed by atoms with E-state index in [1.54, 1.807) is 49.4 Å². The van der Waals surface area contributed by atoms with Crippen molar-refractivity contribution < 1.29 is 27.6 Å². The van der Waals surface area contributed by atoms with Crippen molar-refractivity contribution >= 4 is 67.1 Å². The molecular weight excluding hydrogens is 541 g/mol. The molecule has 1 amide bonds. The van der Waals surface area contributed by atoms with Crippen LogP contribution in [-0.4, -0.2) is 31.1 Å². The minimum atomic E-state index is -4.55. The highest BCUT2D eigenvalue weighted by Crippen LogP contribution is 2.41. The number of aromatic hydroxyl groups is 1.